The van der Waals surface area contributed by atoms with Crippen molar-refractivity contribution in [3.63, 3.8) is 0 Å². The van der Waals surface area contributed by atoms with Crippen LogP contribution >= 0.6 is 12.4 Å². The number of fused-ring (bicyclic) bond motifs is 2. The molecule has 1 N–H and O–H groups in total. The highest BCUT2D eigenvalue weighted by Crippen LogP contribution is 2.27. The summed E-state index contributed by atoms with van der Waals surface area (Å²) in [5.74, 6) is 0. The molecule has 2 aliphatic rings. The molecule has 130 valence electrons. The van der Waals surface area contributed by atoms with Crippen LogP contribution in [0.2, 0.25) is 0 Å². The molecule has 0 saturated carbocycles. The van der Waals surface area contributed by atoms with Crippen LogP contribution in [0.3, 0.4) is 0 Å². The molecule has 2 unspecified atom stereocenters. The summed E-state index contributed by atoms with van der Waals surface area (Å²) in [5.41, 5.74) is 1.19. The van der Waals surface area contributed by atoms with Crippen LogP contribution in [-0.4, -0.2) is 37.9 Å². The van der Waals surface area contributed by atoms with Gasteiger partial charge in [-0.1, -0.05) is 32.9 Å². The third kappa shape index (κ3) is 3.90. The number of sulfonamides is 1. The summed E-state index contributed by atoms with van der Waals surface area (Å²) in [6.45, 7) is 7.62. The van der Waals surface area contributed by atoms with E-state index in [1.54, 1.807) is 16.4 Å². The summed E-state index contributed by atoms with van der Waals surface area (Å²) in [5, 5.41) is 3.53. The monoisotopic (exact) mass is 358 g/mol. The van der Waals surface area contributed by atoms with E-state index in [9.17, 15) is 8.42 Å². The Balaban J connectivity index is 0.00000192. The fourth-order valence-corrected chi connectivity index (χ4v) is 4.91. The standard InChI is InChI=1S/C17H26N2O2S.ClH/c1-17(2,3)13-4-8-16(9-5-13)22(20,21)19-11-10-14-6-7-15(12-19)18-14;/h4-5,8-9,14-15,18H,6-7,10-12H2,1-3H3;1H. The number of hydrogen-bond donors (Lipinski definition) is 1. The molecule has 4 nitrogen and oxygen atoms in total. The molecule has 2 atom stereocenters. The normalized spacial score (nSPS) is 25.7. The van der Waals surface area contributed by atoms with E-state index in [0.29, 0.717) is 30.1 Å². The first-order chi connectivity index (χ1) is 10.3. The van der Waals surface area contributed by atoms with Crippen molar-refractivity contribution < 1.29 is 8.42 Å². The van der Waals surface area contributed by atoms with E-state index in [0.717, 1.165) is 18.4 Å². The van der Waals surface area contributed by atoms with Crippen LogP contribution in [0.25, 0.3) is 0 Å². The van der Waals surface area contributed by atoms with Gasteiger partial charge in [0.15, 0.2) is 0 Å². The van der Waals surface area contributed by atoms with Crippen LogP contribution in [0.5, 0.6) is 0 Å². The van der Waals surface area contributed by atoms with E-state index in [1.165, 1.54) is 6.42 Å². The third-order valence-corrected chi connectivity index (χ3v) is 6.72. The van der Waals surface area contributed by atoms with Crippen LogP contribution < -0.4 is 5.32 Å². The van der Waals surface area contributed by atoms with Crippen LogP contribution in [0.15, 0.2) is 29.2 Å². The van der Waals surface area contributed by atoms with Gasteiger partial charge in [-0.3, -0.25) is 0 Å². The van der Waals surface area contributed by atoms with Crippen LogP contribution in [0.1, 0.15) is 45.6 Å². The van der Waals surface area contributed by atoms with Gasteiger partial charge in [0, 0.05) is 25.2 Å². The summed E-state index contributed by atoms with van der Waals surface area (Å²) in [6, 6.07) is 8.20. The lowest BCUT2D eigenvalue weighted by molar-refractivity contribution is 0.383. The maximum Gasteiger partial charge on any atom is 0.243 e. The molecule has 2 saturated heterocycles. The number of rotatable bonds is 2. The summed E-state index contributed by atoms with van der Waals surface area (Å²) in [7, 11) is -3.38. The number of hydrogen-bond acceptors (Lipinski definition) is 3. The minimum absolute atomic E-state index is 0. The molecular formula is C17H27ClN2O2S. The Hall–Kier alpha value is -0.620. The predicted octanol–water partition coefficient (Wildman–Crippen LogP) is 2.92. The van der Waals surface area contributed by atoms with E-state index in [2.05, 4.69) is 26.1 Å². The number of nitrogens with one attached hydrogen (secondary N) is 1. The predicted molar refractivity (Wildman–Crippen MR) is 95.7 cm³/mol. The Morgan fingerprint density at radius 3 is 2.26 bits per heavy atom. The van der Waals surface area contributed by atoms with E-state index in [4.69, 9.17) is 0 Å². The lowest BCUT2D eigenvalue weighted by atomic mass is 9.87. The first-order valence-electron chi connectivity index (χ1n) is 8.13. The molecule has 0 aromatic heterocycles. The minimum atomic E-state index is -3.38. The maximum absolute atomic E-state index is 12.9. The molecule has 0 amide bonds. The number of halogens is 1. The number of nitrogens with zero attached hydrogens (tertiary/aromatic N) is 1. The van der Waals surface area contributed by atoms with Crippen molar-refractivity contribution in [3.05, 3.63) is 29.8 Å². The molecule has 23 heavy (non-hydrogen) atoms. The molecule has 1 aromatic rings. The average molecular weight is 359 g/mol. The van der Waals surface area contributed by atoms with Crippen molar-refractivity contribution in [1.29, 1.82) is 0 Å². The van der Waals surface area contributed by atoms with Crippen LogP contribution in [-0.2, 0) is 15.4 Å². The second-order valence-electron chi connectivity index (χ2n) is 7.56. The Bertz CT molecular complexity index is 638. The SMILES string of the molecule is CC(C)(C)c1ccc(S(=O)(=O)N2CCC3CCC(C2)N3)cc1.Cl. The van der Waals surface area contributed by atoms with E-state index in [1.807, 2.05) is 12.1 Å². The number of benzene rings is 1. The fourth-order valence-electron chi connectivity index (χ4n) is 3.41. The van der Waals surface area contributed by atoms with Gasteiger partial charge >= 0.3 is 0 Å². The summed E-state index contributed by atoms with van der Waals surface area (Å²) in [6.07, 6.45) is 3.17. The van der Waals surface area contributed by atoms with Crippen molar-refractivity contribution >= 4 is 22.4 Å². The Labute approximate surface area is 146 Å². The summed E-state index contributed by atoms with van der Waals surface area (Å²) < 4.78 is 27.4. The Morgan fingerprint density at radius 1 is 1.04 bits per heavy atom. The fraction of sp³-hybridized carbons (Fsp3) is 0.647. The van der Waals surface area contributed by atoms with E-state index >= 15 is 0 Å². The van der Waals surface area contributed by atoms with E-state index < -0.39 is 10.0 Å². The second-order valence-corrected chi connectivity index (χ2v) is 9.50. The quantitative estimate of drug-likeness (QED) is 0.884. The van der Waals surface area contributed by atoms with Gasteiger partial charge < -0.3 is 5.32 Å². The molecule has 0 radical (unpaired) electrons. The third-order valence-electron chi connectivity index (χ3n) is 4.84. The van der Waals surface area contributed by atoms with Crippen molar-refractivity contribution in [2.75, 3.05) is 13.1 Å². The molecule has 0 spiro atoms. The highest BCUT2D eigenvalue weighted by molar-refractivity contribution is 7.89. The lowest BCUT2D eigenvalue weighted by Crippen LogP contribution is -2.39. The Morgan fingerprint density at radius 2 is 1.65 bits per heavy atom. The lowest BCUT2D eigenvalue weighted by Gasteiger charge is -2.24. The second kappa shape index (κ2) is 6.71. The molecule has 2 heterocycles. The summed E-state index contributed by atoms with van der Waals surface area (Å²) in [4.78, 5) is 0.415. The summed E-state index contributed by atoms with van der Waals surface area (Å²) >= 11 is 0. The van der Waals surface area contributed by atoms with Crippen molar-refractivity contribution in [1.82, 2.24) is 9.62 Å². The molecule has 2 bridgehead atoms. The van der Waals surface area contributed by atoms with Gasteiger partial charge in [0.2, 0.25) is 10.0 Å². The largest absolute Gasteiger partial charge is 0.310 e. The van der Waals surface area contributed by atoms with Gasteiger partial charge in [-0.25, -0.2) is 8.42 Å². The maximum atomic E-state index is 12.9. The van der Waals surface area contributed by atoms with Crippen LogP contribution in [0, 0.1) is 0 Å². The van der Waals surface area contributed by atoms with Crippen LogP contribution in [0.4, 0.5) is 0 Å². The molecule has 6 heteroatoms. The molecule has 2 aliphatic heterocycles. The topological polar surface area (TPSA) is 49.4 Å². The first-order valence-corrected chi connectivity index (χ1v) is 9.57. The zero-order valence-corrected chi connectivity index (χ0v) is 15.7. The minimum Gasteiger partial charge on any atom is -0.310 e. The highest BCUT2D eigenvalue weighted by Gasteiger charge is 2.34. The van der Waals surface area contributed by atoms with Crippen molar-refractivity contribution in [2.45, 2.75) is 62.4 Å². The molecule has 1 aromatic carbocycles. The smallest absolute Gasteiger partial charge is 0.243 e. The van der Waals surface area contributed by atoms with Gasteiger partial charge in [0.25, 0.3) is 0 Å². The van der Waals surface area contributed by atoms with Gasteiger partial charge in [-0.15, -0.1) is 12.4 Å². The molecule has 0 aliphatic carbocycles. The molecule has 2 fully saturated rings. The van der Waals surface area contributed by atoms with Gasteiger partial charge in [-0.2, -0.15) is 4.31 Å². The Kier molecular flexibility index (Phi) is 5.46. The van der Waals surface area contributed by atoms with Crippen molar-refractivity contribution in [2.24, 2.45) is 0 Å². The zero-order chi connectivity index (χ0) is 16.0. The van der Waals surface area contributed by atoms with Crippen molar-refractivity contribution in [3.8, 4) is 0 Å². The highest BCUT2D eigenvalue weighted by atomic mass is 35.5. The molecular weight excluding hydrogens is 332 g/mol. The zero-order valence-electron chi connectivity index (χ0n) is 14.1. The van der Waals surface area contributed by atoms with E-state index in [-0.39, 0.29) is 17.8 Å². The average Bonchev–Trinajstić information content (AvgIpc) is 2.77. The first kappa shape index (κ1) is 18.7. The molecule has 3 rings (SSSR count). The van der Waals surface area contributed by atoms with Gasteiger partial charge in [0.1, 0.15) is 0 Å². The van der Waals surface area contributed by atoms with Gasteiger partial charge in [0.05, 0.1) is 4.90 Å². The van der Waals surface area contributed by atoms with Gasteiger partial charge in [-0.05, 0) is 42.4 Å².